The third-order valence-corrected chi connectivity index (χ3v) is 1.70. The van der Waals surface area contributed by atoms with Crippen molar-refractivity contribution in [3.8, 4) is 11.3 Å². The van der Waals surface area contributed by atoms with Crippen LogP contribution in [0.5, 0.6) is 0 Å². The van der Waals surface area contributed by atoms with E-state index in [2.05, 4.69) is 4.98 Å². The summed E-state index contributed by atoms with van der Waals surface area (Å²) < 4.78 is 5.07. The molecule has 3 nitrogen and oxygen atoms in total. The molecule has 0 amide bonds. The zero-order valence-corrected chi connectivity index (χ0v) is 6.73. The highest BCUT2D eigenvalue weighted by molar-refractivity contribution is 5.82. The Morgan fingerprint density at radius 1 is 1.23 bits per heavy atom. The second-order valence-electron chi connectivity index (χ2n) is 2.50. The van der Waals surface area contributed by atoms with Crippen LogP contribution in [0.3, 0.4) is 0 Å². The Bertz CT molecular complexity index is 406. The van der Waals surface area contributed by atoms with E-state index in [0.717, 1.165) is 5.56 Å². The predicted octanol–water partition coefficient (Wildman–Crippen LogP) is 1.80. The summed E-state index contributed by atoms with van der Waals surface area (Å²) in [6.07, 6.45) is 2.96. The van der Waals surface area contributed by atoms with Crippen molar-refractivity contribution in [2.75, 3.05) is 0 Å². The van der Waals surface area contributed by atoms with Crippen molar-refractivity contribution >= 4 is 6.29 Å². The summed E-state index contributed by atoms with van der Waals surface area (Å²) in [5.74, 6) is 0.468. The van der Waals surface area contributed by atoms with Gasteiger partial charge in [0, 0.05) is 5.56 Å². The van der Waals surface area contributed by atoms with E-state index < -0.39 is 0 Å². The molecule has 63 valence electrons. The van der Waals surface area contributed by atoms with Gasteiger partial charge in [0.25, 0.3) is 6.29 Å². The lowest BCUT2D eigenvalue weighted by Crippen LogP contribution is -1.83. The van der Waals surface area contributed by atoms with Crippen LogP contribution in [0.2, 0.25) is 0 Å². The fourth-order valence-electron chi connectivity index (χ4n) is 1.11. The van der Waals surface area contributed by atoms with E-state index in [4.69, 9.17) is 4.42 Å². The zero-order chi connectivity index (χ0) is 9.10. The molecule has 1 aromatic carbocycles. The molecule has 3 heteroatoms. The molecule has 0 aliphatic heterocycles. The number of nitrogens with zero attached hydrogens (tertiary/aromatic N) is 1. The maximum absolute atomic E-state index is 10.4. The van der Waals surface area contributed by atoms with Crippen LogP contribution < -0.4 is 0 Å². The van der Waals surface area contributed by atoms with Crippen molar-refractivity contribution < 1.29 is 9.21 Å². The van der Waals surface area contributed by atoms with E-state index in [9.17, 15) is 4.79 Å². The highest BCUT2D eigenvalue weighted by Crippen LogP contribution is 2.20. The van der Waals surface area contributed by atoms with Gasteiger partial charge in [0.05, 0.1) is 0 Å². The molecule has 1 radical (unpaired) electrons. The first-order valence-electron chi connectivity index (χ1n) is 3.79. The van der Waals surface area contributed by atoms with E-state index >= 15 is 0 Å². The van der Waals surface area contributed by atoms with Gasteiger partial charge in [0.1, 0.15) is 0 Å². The minimum Gasteiger partial charge on any atom is -0.443 e. The highest BCUT2D eigenvalue weighted by atomic mass is 16.3. The molecule has 2 aromatic rings. The van der Waals surface area contributed by atoms with Crippen molar-refractivity contribution in [2.24, 2.45) is 0 Å². The topological polar surface area (TPSA) is 43.1 Å². The van der Waals surface area contributed by atoms with E-state index in [-0.39, 0.29) is 5.69 Å². The number of hydrogen-bond acceptors (Lipinski definition) is 3. The fraction of sp³-hybridized carbons (Fsp3) is 0. The first kappa shape index (κ1) is 7.73. The molecule has 1 aromatic heterocycles. The fourth-order valence-corrected chi connectivity index (χ4v) is 1.11. The molecule has 0 atom stereocenters. The van der Waals surface area contributed by atoms with Gasteiger partial charge in [-0.05, 0) is 0 Å². The second-order valence-corrected chi connectivity index (χ2v) is 2.50. The predicted molar refractivity (Wildman–Crippen MR) is 46.7 cm³/mol. The van der Waals surface area contributed by atoms with Gasteiger partial charge < -0.3 is 4.42 Å². The Morgan fingerprint density at radius 3 is 2.69 bits per heavy atom. The first-order chi connectivity index (χ1) is 6.42. The lowest BCUT2D eigenvalue weighted by molar-refractivity contribution is 0.559. The van der Waals surface area contributed by atoms with E-state index in [1.165, 1.54) is 6.39 Å². The Kier molecular flexibility index (Phi) is 1.92. The summed E-state index contributed by atoms with van der Waals surface area (Å²) in [7, 11) is 0. The average Bonchev–Trinajstić information content (AvgIpc) is 2.67. The van der Waals surface area contributed by atoms with Crippen molar-refractivity contribution in [1.82, 2.24) is 4.98 Å². The molecule has 0 saturated heterocycles. The summed E-state index contributed by atoms with van der Waals surface area (Å²) in [5.41, 5.74) is 1.05. The quantitative estimate of drug-likeness (QED) is 0.693. The standard InChI is InChI=1S/C10H6NO2/c12-6-9-10(13-7-11-9)8-4-2-1-3-5-8/h1-5,7H. The van der Waals surface area contributed by atoms with Gasteiger partial charge in [-0.25, -0.2) is 4.98 Å². The average molecular weight is 172 g/mol. The number of hydrogen-bond donors (Lipinski definition) is 0. The van der Waals surface area contributed by atoms with E-state index in [1.54, 1.807) is 6.29 Å². The lowest BCUT2D eigenvalue weighted by Gasteiger charge is -1.94. The molecule has 0 aliphatic rings. The zero-order valence-electron chi connectivity index (χ0n) is 6.73. The number of aromatic nitrogens is 1. The van der Waals surface area contributed by atoms with Crippen LogP contribution >= 0.6 is 0 Å². The molecule has 0 saturated carbocycles. The van der Waals surface area contributed by atoms with Crippen LogP contribution in [0.4, 0.5) is 0 Å². The van der Waals surface area contributed by atoms with Crippen LogP contribution in [0.15, 0.2) is 41.1 Å². The number of rotatable bonds is 2. The van der Waals surface area contributed by atoms with Gasteiger partial charge in [-0.2, -0.15) is 0 Å². The normalized spacial score (nSPS) is 9.85. The molecule has 13 heavy (non-hydrogen) atoms. The molecule has 0 fully saturated rings. The number of oxazole rings is 1. The maximum Gasteiger partial charge on any atom is 0.257 e. The Hall–Kier alpha value is -1.90. The van der Waals surface area contributed by atoms with Gasteiger partial charge in [-0.3, -0.25) is 4.79 Å². The van der Waals surface area contributed by atoms with Crippen molar-refractivity contribution in [2.45, 2.75) is 0 Å². The SMILES string of the molecule is O=[C]c1ncoc1-c1ccccc1. The smallest absolute Gasteiger partial charge is 0.257 e. The van der Waals surface area contributed by atoms with Crippen LogP contribution in [0.1, 0.15) is 5.69 Å². The largest absolute Gasteiger partial charge is 0.443 e. The molecule has 2 rings (SSSR count). The minimum atomic E-state index is 0.214. The van der Waals surface area contributed by atoms with Crippen molar-refractivity contribution in [1.29, 1.82) is 0 Å². The number of benzene rings is 1. The van der Waals surface area contributed by atoms with Gasteiger partial charge in [0.15, 0.2) is 17.8 Å². The van der Waals surface area contributed by atoms with E-state index in [1.807, 2.05) is 30.3 Å². The second kappa shape index (κ2) is 3.23. The van der Waals surface area contributed by atoms with Gasteiger partial charge in [-0.1, -0.05) is 30.3 Å². The summed E-state index contributed by atoms with van der Waals surface area (Å²) in [6.45, 7) is 0. The third-order valence-electron chi connectivity index (χ3n) is 1.70. The van der Waals surface area contributed by atoms with Crippen LogP contribution in [-0.2, 0) is 4.79 Å². The molecule has 0 bridgehead atoms. The third kappa shape index (κ3) is 1.36. The Balaban J connectivity index is 2.52. The van der Waals surface area contributed by atoms with Gasteiger partial charge >= 0.3 is 0 Å². The summed E-state index contributed by atoms with van der Waals surface area (Å²) in [4.78, 5) is 14.1. The van der Waals surface area contributed by atoms with Gasteiger partial charge in [0.2, 0.25) is 0 Å². The molecule has 0 unspecified atom stereocenters. The molecule has 0 N–H and O–H groups in total. The molecule has 1 heterocycles. The van der Waals surface area contributed by atoms with Gasteiger partial charge in [-0.15, -0.1) is 0 Å². The van der Waals surface area contributed by atoms with Crippen LogP contribution in [0, 0.1) is 0 Å². The molecule has 0 spiro atoms. The lowest BCUT2D eigenvalue weighted by atomic mass is 10.1. The highest BCUT2D eigenvalue weighted by Gasteiger charge is 2.09. The van der Waals surface area contributed by atoms with Crippen LogP contribution in [0.25, 0.3) is 11.3 Å². The summed E-state index contributed by atoms with van der Waals surface area (Å²) in [5, 5.41) is 0. The molecular formula is C10H6NO2. The summed E-state index contributed by atoms with van der Waals surface area (Å²) in [6, 6.07) is 9.33. The molecular weight excluding hydrogens is 166 g/mol. The number of carbonyl (C=O) groups excluding carboxylic acids is 1. The van der Waals surface area contributed by atoms with Crippen molar-refractivity contribution in [3.05, 3.63) is 42.4 Å². The minimum absolute atomic E-state index is 0.214. The van der Waals surface area contributed by atoms with E-state index in [0.29, 0.717) is 5.76 Å². The van der Waals surface area contributed by atoms with Crippen molar-refractivity contribution in [3.63, 3.8) is 0 Å². The molecule has 0 aliphatic carbocycles. The Labute approximate surface area is 75.0 Å². The van der Waals surface area contributed by atoms with Crippen LogP contribution in [-0.4, -0.2) is 11.3 Å². The monoisotopic (exact) mass is 172 g/mol. The summed E-state index contributed by atoms with van der Waals surface area (Å²) >= 11 is 0. The maximum atomic E-state index is 10.4. The first-order valence-corrected chi connectivity index (χ1v) is 3.79. The Morgan fingerprint density at radius 2 is 2.00 bits per heavy atom.